The van der Waals surface area contributed by atoms with Crippen LogP contribution in [0.3, 0.4) is 0 Å². The lowest BCUT2D eigenvalue weighted by molar-refractivity contribution is -0.149. The molecular formula is C26H40O4. The van der Waals surface area contributed by atoms with Crippen LogP contribution in [0, 0.1) is 17.3 Å². The standard InChI is InChI=1S/C26H40O4/c1-5-18-15-22-19(16-24(18)29-17-28-4)7-8-21-20(22)9-12-26(6-2)23(21)10-11-25(26,3)30-14-13-27/h15-16,20-21,23,27H,5-14,17H2,1-4H3. The summed E-state index contributed by atoms with van der Waals surface area (Å²) in [5.74, 6) is 3.15. The third-order valence-corrected chi connectivity index (χ3v) is 8.96. The van der Waals surface area contributed by atoms with Gasteiger partial charge in [0.1, 0.15) is 5.75 Å². The Balaban J connectivity index is 1.64. The Labute approximate surface area is 182 Å². The van der Waals surface area contributed by atoms with Crippen LogP contribution in [-0.2, 0) is 22.3 Å². The summed E-state index contributed by atoms with van der Waals surface area (Å²) in [5.41, 5.74) is 4.55. The van der Waals surface area contributed by atoms with Crippen molar-refractivity contribution >= 4 is 0 Å². The molecule has 5 atom stereocenters. The fourth-order valence-electron chi connectivity index (χ4n) is 7.52. The SMILES string of the molecule is CCc1cc2c(cc1OCOC)CCC1C2CCC2(CC)C1CCC2(C)OCCO. The quantitative estimate of drug-likeness (QED) is 0.588. The molecule has 3 aliphatic carbocycles. The Bertz CT molecular complexity index is 747. The van der Waals surface area contributed by atoms with Crippen molar-refractivity contribution in [1.82, 2.24) is 0 Å². The molecule has 0 aromatic heterocycles. The number of rotatable bonds is 8. The number of aryl methyl sites for hydroxylation is 2. The van der Waals surface area contributed by atoms with Crippen LogP contribution in [0.2, 0.25) is 0 Å². The number of ether oxygens (including phenoxy) is 3. The molecule has 4 rings (SSSR count). The molecule has 1 N–H and O–H groups in total. The molecule has 4 nitrogen and oxygen atoms in total. The van der Waals surface area contributed by atoms with Crippen LogP contribution in [0.5, 0.6) is 5.75 Å². The van der Waals surface area contributed by atoms with Gasteiger partial charge < -0.3 is 19.3 Å². The molecule has 0 saturated heterocycles. The van der Waals surface area contributed by atoms with E-state index in [0.717, 1.165) is 36.8 Å². The normalized spacial score (nSPS) is 34.9. The van der Waals surface area contributed by atoms with E-state index in [1.807, 2.05) is 0 Å². The summed E-state index contributed by atoms with van der Waals surface area (Å²) < 4.78 is 17.4. The summed E-state index contributed by atoms with van der Waals surface area (Å²) in [6, 6.07) is 4.75. The Morgan fingerprint density at radius 3 is 2.67 bits per heavy atom. The molecule has 0 amide bonds. The maximum absolute atomic E-state index is 9.37. The lowest BCUT2D eigenvalue weighted by atomic mass is 9.52. The monoisotopic (exact) mass is 416 g/mol. The van der Waals surface area contributed by atoms with Gasteiger partial charge >= 0.3 is 0 Å². The minimum absolute atomic E-state index is 0.0905. The molecule has 168 valence electrons. The average Bonchev–Trinajstić information content (AvgIpc) is 3.08. The first kappa shape index (κ1) is 22.1. The van der Waals surface area contributed by atoms with Crippen LogP contribution in [-0.4, -0.2) is 37.8 Å². The molecule has 0 spiro atoms. The second kappa shape index (κ2) is 8.80. The van der Waals surface area contributed by atoms with Crippen LogP contribution in [0.1, 0.15) is 81.9 Å². The lowest BCUT2D eigenvalue weighted by Crippen LogP contribution is -2.52. The summed E-state index contributed by atoms with van der Waals surface area (Å²) >= 11 is 0. The van der Waals surface area contributed by atoms with Crippen molar-refractivity contribution < 1.29 is 19.3 Å². The Morgan fingerprint density at radius 1 is 1.13 bits per heavy atom. The highest BCUT2D eigenvalue weighted by Gasteiger charge is 2.62. The van der Waals surface area contributed by atoms with Gasteiger partial charge in [-0.25, -0.2) is 0 Å². The Hall–Kier alpha value is -1.10. The van der Waals surface area contributed by atoms with Crippen LogP contribution >= 0.6 is 0 Å². The van der Waals surface area contributed by atoms with Crippen molar-refractivity contribution in [3.05, 3.63) is 28.8 Å². The Kier molecular flexibility index (Phi) is 6.48. The number of aliphatic hydroxyl groups excluding tert-OH is 1. The van der Waals surface area contributed by atoms with E-state index in [4.69, 9.17) is 14.2 Å². The van der Waals surface area contributed by atoms with Gasteiger partial charge in [0.25, 0.3) is 0 Å². The van der Waals surface area contributed by atoms with Crippen molar-refractivity contribution in [2.24, 2.45) is 17.3 Å². The molecule has 2 saturated carbocycles. The first-order valence-corrected chi connectivity index (χ1v) is 12.1. The van der Waals surface area contributed by atoms with Crippen LogP contribution < -0.4 is 4.74 Å². The summed E-state index contributed by atoms with van der Waals surface area (Å²) in [5, 5.41) is 9.37. The third-order valence-electron chi connectivity index (χ3n) is 8.96. The molecule has 1 aromatic carbocycles. The summed E-state index contributed by atoms with van der Waals surface area (Å²) in [7, 11) is 1.68. The molecule has 0 heterocycles. The molecule has 2 fully saturated rings. The third kappa shape index (κ3) is 3.40. The van der Waals surface area contributed by atoms with E-state index in [1.165, 1.54) is 43.2 Å². The number of hydrogen-bond acceptors (Lipinski definition) is 4. The maximum atomic E-state index is 9.37. The molecule has 0 bridgehead atoms. The fraction of sp³-hybridized carbons (Fsp3) is 0.769. The zero-order valence-electron chi connectivity index (χ0n) is 19.3. The zero-order valence-corrected chi connectivity index (χ0v) is 19.3. The highest BCUT2D eigenvalue weighted by molar-refractivity contribution is 5.46. The van der Waals surface area contributed by atoms with E-state index >= 15 is 0 Å². The first-order chi connectivity index (χ1) is 14.5. The number of hydrogen-bond donors (Lipinski definition) is 1. The number of aliphatic hydroxyl groups is 1. The van der Waals surface area contributed by atoms with E-state index in [-0.39, 0.29) is 17.6 Å². The number of benzene rings is 1. The molecule has 30 heavy (non-hydrogen) atoms. The van der Waals surface area contributed by atoms with Crippen molar-refractivity contribution in [2.75, 3.05) is 27.1 Å². The number of fused-ring (bicyclic) bond motifs is 5. The molecular weight excluding hydrogens is 376 g/mol. The minimum Gasteiger partial charge on any atom is -0.467 e. The average molecular weight is 417 g/mol. The highest BCUT2D eigenvalue weighted by Crippen LogP contribution is 2.66. The molecule has 0 radical (unpaired) electrons. The van der Waals surface area contributed by atoms with Gasteiger partial charge in [0.05, 0.1) is 18.8 Å². The minimum atomic E-state index is -0.0905. The van der Waals surface area contributed by atoms with E-state index in [2.05, 4.69) is 32.9 Å². The largest absolute Gasteiger partial charge is 0.467 e. The predicted octanol–water partition coefficient (Wildman–Crippen LogP) is 5.25. The van der Waals surface area contributed by atoms with E-state index < -0.39 is 0 Å². The van der Waals surface area contributed by atoms with Crippen molar-refractivity contribution in [2.45, 2.75) is 83.7 Å². The van der Waals surface area contributed by atoms with Crippen LogP contribution in [0.25, 0.3) is 0 Å². The summed E-state index contributed by atoms with van der Waals surface area (Å²) in [6.07, 6.45) is 9.47. The van der Waals surface area contributed by atoms with E-state index in [0.29, 0.717) is 19.3 Å². The molecule has 5 unspecified atom stereocenters. The smallest absolute Gasteiger partial charge is 0.188 e. The van der Waals surface area contributed by atoms with Gasteiger partial charge in [-0.15, -0.1) is 0 Å². The van der Waals surface area contributed by atoms with Gasteiger partial charge in [0.15, 0.2) is 6.79 Å². The zero-order chi connectivity index (χ0) is 21.4. The van der Waals surface area contributed by atoms with Crippen molar-refractivity contribution in [1.29, 1.82) is 0 Å². The van der Waals surface area contributed by atoms with Crippen molar-refractivity contribution in [3.63, 3.8) is 0 Å². The van der Waals surface area contributed by atoms with Gasteiger partial charge in [0, 0.05) is 12.5 Å². The van der Waals surface area contributed by atoms with Gasteiger partial charge in [-0.3, -0.25) is 0 Å². The van der Waals surface area contributed by atoms with Crippen LogP contribution in [0.15, 0.2) is 12.1 Å². The van der Waals surface area contributed by atoms with E-state index in [1.54, 1.807) is 12.7 Å². The first-order valence-electron chi connectivity index (χ1n) is 12.1. The van der Waals surface area contributed by atoms with Crippen molar-refractivity contribution in [3.8, 4) is 5.75 Å². The molecule has 0 aliphatic heterocycles. The molecule has 1 aromatic rings. The second-order valence-electron chi connectivity index (χ2n) is 9.87. The van der Waals surface area contributed by atoms with Gasteiger partial charge in [-0.1, -0.05) is 19.9 Å². The molecule has 3 aliphatic rings. The topological polar surface area (TPSA) is 47.9 Å². The second-order valence-corrected chi connectivity index (χ2v) is 9.87. The fourth-order valence-corrected chi connectivity index (χ4v) is 7.52. The highest BCUT2D eigenvalue weighted by atomic mass is 16.7. The summed E-state index contributed by atoms with van der Waals surface area (Å²) in [6.45, 7) is 7.80. The van der Waals surface area contributed by atoms with Gasteiger partial charge in [-0.05, 0) is 98.8 Å². The molecule has 4 heteroatoms. The summed E-state index contributed by atoms with van der Waals surface area (Å²) in [4.78, 5) is 0. The Morgan fingerprint density at radius 2 is 1.97 bits per heavy atom. The predicted molar refractivity (Wildman–Crippen MR) is 119 cm³/mol. The van der Waals surface area contributed by atoms with Gasteiger partial charge in [0.2, 0.25) is 0 Å². The van der Waals surface area contributed by atoms with E-state index in [9.17, 15) is 5.11 Å². The maximum Gasteiger partial charge on any atom is 0.188 e. The lowest BCUT2D eigenvalue weighted by Gasteiger charge is -2.55. The van der Waals surface area contributed by atoms with Gasteiger partial charge in [-0.2, -0.15) is 0 Å². The van der Waals surface area contributed by atoms with Crippen LogP contribution in [0.4, 0.5) is 0 Å². The number of methoxy groups -OCH3 is 1.